The second-order valence-electron chi connectivity index (χ2n) is 9.57. The van der Waals surface area contributed by atoms with Crippen LogP contribution in [0, 0.1) is 11.3 Å². The molecule has 186 valence electrons. The fraction of sp³-hybridized carbons (Fsp3) is 0.591. The van der Waals surface area contributed by atoms with Crippen LogP contribution in [0.5, 0.6) is 0 Å². The van der Waals surface area contributed by atoms with Gasteiger partial charge in [-0.05, 0) is 29.7 Å². The molecule has 0 saturated heterocycles. The first-order valence-corrected chi connectivity index (χ1v) is 12.6. The van der Waals surface area contributed by atoms with Crippen molar-refractivity contribution in [1.82, 2.24) is 15.7 Å². The number of carbonyl (C=O) groups excluding carboxylic acids is 2. The van der Waals surface area contributed by atoms with Crippen LogP contribution in [-0.2, 0) is 25.5 Å². The Hall–Kier alpha value is -2.42. The van der Waals surface area contributed by atoms with Gasteiger partial charge in [-0.3, -0.25) is 9.36 Å². The van der Waals surface area contributed by atoms with Gasteiger partial charge in [-0.15, -0.1) is 0 Å². The lowest BCUT2D eigenvalue weighted by Crippen LogP contribution is -2.51. The molecule has 3 atom stereocenters. The van der Waals surface area contributed by atoms with E-state index in [0.717, 1.165) is 5.56 Å². The summed E-state index contributed by atoms with van der Waals surface area (Å²) in [5.74, 6) is -1.90. The molecule has 0 bridgehead atoms. The summed E-state index contributed by atoms with van der Waals surface area (Å²) in [5, 5.41) is 16.5. The molecule has 0 aromatic heterocycles. The maximum Gasteiger partial charge on any atom is 0.407 e. The number of carbonyl (C=O) groups is 3. The molecule has 0 fully saturated rings. The van der Waals surface area contributed by atoms with Crippen molar-refractivity contribution in [2.24, 2.45) is 11.3 Å². The van der Waals surface area contributed by atoms with Gasteiger partial charge in [0.25, 0.3) is 7.52 Å². The third kappa shape index (κ3) is 12.4. The molecule has 33 heavy (non-hydrogen) atoms. The minimum absolute atomic E-state index is 0.00142. The second kappa shape index (κ2) is 12.7. The standard InChI is InChI=1S/C22H36N3O7P/c1-15(2)11-17(19(26)24-18(20(27)28)12-22(3,4)5)25-33(30,31)14-23-21(29)32-13-16-9-7-6-8-10-16/h6-10,15,17-18H,11-14H2,1-5H3,(H,23,29)(H,24,26)(H,27,28)(H2,25,30,31)/t17-,18-/m0/s1. The fourth-order valence-corrected chi connectivity index (χ4v) is 4.15. The maximum absolute atomic E-state index is 12.8. The molecule has 0 heterocycles. The lowest BCUT2D eigenvalue weighted by molar-refractivity contribution is -0.143. The molecule has 11 heteroatoms. The molecule has 5 N–H and O–H groups in total. The maximum atomic E-state index is 12.8. The summed E-state index contributed by atoms with van der Waals surface area (Å²) in [4.78, 5) is 46.5. The van der Waals surface area contributed by atoms with Gasteiger partial charge in [-0.1, -0.05) is 65.0 Å². The number of carboxylic acids is 1. The van der Waals surface area contributed by atoms with Gasteiger partial charge in [0.2, 0.25) is 5.91 Å². The number of benzene rings is 1. The highest BCUT2D eigenvalue weighted by molar-refractivity contribution is 7.55. The highest BCUT2D eigenvalue weighted by atomic mass is 31.2. The van der Waals surface area contributed by atoms with E-state index < -0.39 is 43.9 Å². The smallest absolute Gasteiger partial charge is 0.407 e. The number of nitrogens with one attached hydrogen (secondary N) is 3. The summed E-state index contributed by atoms with van der Waals surface area (Å²) in [6.45, 7) is 9.20. The Balaban J connectivity index is 2.72. The normalized spacial score (nSPS) is 15.2. The Bertz CT molecular complexity index is 840. The SMILES string of the molecule is CC(C)C[C@H](NP(=O)(O)CNC(=O)OCc1ccccc1)C(=O)N[C@@H](CC(C)(C)C)C(=O)O. The zero-order valence-corrected chi connectivity index (χ0v) is 20.7. The van der Waals surface area contributed by atoms with E-state index in [1.807, 2.05) is 40.7 Å². The van der Waals surface area contributed by atoms with Crippen LogP contribution in [0.1, 0.15) is 53.0 Å². The van der Waals surface area contributed by atoms with E-state index in [9.17, 15) is 28.9 Å². The van der Waals surface area contributed by atoms with Gasteiger partial charge in [0.1, 0.15) is 18.9 Å². The fourth-order valence-electron chi connectivity index (χ4n) is 3.01. The second-order valence-corrected chi connectivity index (χ2v) is 11.6. The topological polar surface area (TPSA) is 154 Å². The average Bonchev–Trinajstić information content (AvgIpc) is 2.69. The van der Waals surface area contributed by atoms with E-state index in [0.29, 0.717) is 0 Å². The largest absolute Gasteiger partial charge is 0.480 e. The zero-order chi connectivity index (χ0) is 25.2. The van der Waals surface area contributed by atoms with Crippen molar-refractivity contribution < 1.29 is 33.7 Å². The van der Waals surface area contributed by atoms with Crippen LogP contribution >= 0.6 is 7.52 Å². The van der Waals surface area contributed by atoms with Crippen molar-refractivity contribution in [3.8, 4) is 0 Å². The van der Waals surface area contributed by atoms with E-state index in [1.54, 1.807) is 24.3 Å². The van der Waals surface area contributed by atoms with Gasteiger partial charge >= 0.3 is 12.1 Å². The van der Waals surface area contributed by atoms with Crippen LogP contribution in [0.3, 0.4) is 0 Å². The van der Waals surface area contributed by atoms with Crippen molar-refractivity contribution >= 4 is 25.5 Å². The minimum Gasteiger partial charge on any atom is -0.480 e. The van der Waals surface area contributed by atoms with E-state index in [1.165, 1.54) is 0 Å². The number of rotatable bonds is 12. The number of hydrogen-bond donors (Lipinski definition) is 5. The molecule has 0 aliphatic rings. The van der Waals surface area contributed by atoms with Gasteiger partial charge in [0, 0.05) is 0 Å². The van der Waals surface area contributed by atoms with Crippen molar-refractivity contribution in [3.05, 3.63) is 35.9 Å². The monoisotopic (exact) mass is 485 g/mol. The van der Waals surface area contributed by atoms with Crippen LogP contribution in [0.2, 0.25) is 0 Å². The van der Waals surface area contributed by atoms with E-state index >= 15 is 0 Å². The van der Waals surface area contributed by atoms with Crippen molar-refractivity contribution in [1.29, 1.82) is 0 Å². The number of ether oxygens (including phenoxy) is 1. The molecule has 0 saturated carbocycles. The molecule has 1 rings (SSSR count). The summed E-state index contributed by atoms with van der Waals surface area (Å²) in [5.41, 5.74) is 0.406. The van der Waals surface area contributed by atoms with E-state index in [2.05, 4.69) is 15.7 Å². The minimum atomic E-state index is -4.19. The Morgan fingerprint density at radius 2 is 1.70 bits per heavy atom. The molecule has 1 aromatic rings. The first-order valence-electron chi connectivity index (χ1n) is 10.8. The van der Waals surface area contributed by atoms with Crippen LogP contribution in [0.25, 0.3) is 0 Å². The Morgan fingerprint density at radius 1 is 1.09 bits per heavy atom. The zero-order valence-electron chi connectivity index (χ0n) is 19.8. The predicted octanol–water partition coefficient (Wildman–Crippen LogP) is 3.07. The summed E-state index contributed by atoms with van der Waals surface area (Å²) < 4.78 is 17.6. The molecule has 0 spiro atoms. The lowest BCUT2D eigenvalue weighted by Gasteiger charge is -2.27. The third-order valence-corrected chi connectivity index (χ3v) is 5.76. The summed E-state index contributed by atoms with van der Waals surface area (Å²) >= 11 is 0. The average molecular weight is 486 g/mol. The molecule has 2 amide bonds. The third-order valence-electron chi connectivity index (χ3n) is 4.46. The quantitative estimate of drug-likeness (QED) is 0.283. The van der Waals surface area contributed by atoms with Gasteiger partial charge in [-0.25, -0.2) is 14.7 Å². The molecule has 1 unspecified atom stereocenters. The number of carboxylic acid groups (broad SMARTS) is 1. The van der Waals surface area contributed by atoms with Gasteiger partial charge in [0.05, 0.1) is 6.04 Å². The van der Waals surface area contributed by atoms with Crippen molar-refractivity contribution in [2.45, 2.75) is 66.2 Å². The first kappa shape index (κ1) is 28.6. The Kier molecular flexibility index (Phi) is 11.0. The molecule has 0 aliphatic carbocycles. The van der Waals surface area contributed by atoms with E-state index in [-0.39, 0.29) is 30.8 Å². The van der Waals surface area contributed by atoms with Crippen LogP contribution in [-0.4, -0.2) is 46.3 Å². The van der Waals surface area contributed by atoms with Crippen LogP contribution in [0.4, 0.5) is 4.79 Å². The predicted molar refractivity (Wildman–Crippen MR) is 124 cm³/mol. The summed E-state index contributed by atoms with van der Waals surface area (Å²) in [6.07, 6.45) is -1.16. The number of alkyl carbamates (subject to hydrolysis) is 1. The first-order chi connectivity index (χ1) is 15.2. The number of amides is 2. The van der Waals surface area contributed by atoms with Crippen LogP contribution in [0.15, 0.2) is 30.3 Å². The highest BCUT2D eigenvalue weighted by Crippen LogP contribution is 2.35. The molecular weight excluding hydrogens is 449 g/mol. The molecular formula is C22H36N3O7P. The summed E-state index contributed by atoms with van der Waals surface area (Å²) in [7, 11) is -4.19. The van der Waals surface area contributed by atoms with Crippen molar-refractivity contribution in [2.75, 3.05) is 6.29 Å². The van der Waals surface area contributed by atoms with Crippen molar-refractivity contribution in [3.63, 3.8) is 0 Å². The number of aliphatic carboxylic acids is 1. The molecule has 0 aliphatic heterocycles. The van der Waals surface area contributed by atoms with Crippen LogP contribution < -0.4 is 15.7 Å². The highest BCUT2D eigenvalue weighted by Gasteiger charge is 2.33. The van der Waals surface area contributed by atoms with E-state index in [4.69, 9.17) is 4.74 Å². The van der Waals surface area contributed by atoms with Gasteiger partial charge in [0.15, 0.2) is 0 Å². The molecule has 0 radical (unpaired) electrons. The number of hydrogen-bond acceptors (Lipinski definition) is 5. The lowest BCUT2D eigenvalue weighted by atomic mass is 9.88. The summed E-state index contributed by atoms with van der Waals surface area (Å²) in [6, 6.07) is 6.68. The van der Waals surface area contributed by atoms with Gasteiger partial charge in [-0.2, -0.15) is 0 Å². The Labute approximate surface area is 195 Å². The molecule has 10 nitrogen and oxygen atoms in total. The van der Waals surface area contributed by atoms with Gasteiger partial charge < -0.3 is 25.4 Å². The molecule has 1 aromatic carbocycles. The Morgan fingerprint density at radius 3 is 2.21 bits per heavy atom.